The van der Waals surface area contributed by atoms with E-state index in [9.17, 15) is 9.59 Å². The Morgan fingerprint density at radius 1 is 1.03 bits per heavy atom. The first-order valence-corrected chi connectivity index (χ1v) is 12.2. The second kappa shape index (κ2) is 10.8. The number of hydrogen-bond donors (Lipinski definition) is 0. The molecule has 2 heterocycles. The van der Waals surface area contributed by atoms with E-state index in [1.165, 1.54) is 7.11 Å². The van der Waals surface area contributed by atoms with Gasteiger partial charge in [-0.05, 0) is 67.4 Å². The number of nitrogens with zero attached hydrogens (tertiary/aromatic N) is 3. The molecule has 0 aliphatic rings. The average Bonchev–Trinajstić information content (AvgIpc) is 3.08. The molecule has 0 radical (unpaired) electrons. The number of amides is 1. The fourth-order valence-electron chi connectivity index (χ4n) is 3.76. The Balaban J connectivity index is 2.33. The van der Waals surface area contributed by atoms with E-state index in [1.54, 1.807) is 31.4 Å². The quantitative estimate of drug-likeness (QED) is 0.281. The van der Waals surface area contributed by atoms with Crippen LogP contribution in [0.2, 0.25) is 0 Å². The highest BCUT2D eigenvalue weighted by atomic mass is 16.7. The van der Waals surface area contributed by atoms with Crippen LogP contribution < -0.4 is 5.06 Å². The number of rotatable bonds is 6. The lowest BCUT2D eigenvalue weighted by atomic mass is 10.0. The largest absolute Gasteiger partial charge is 0.465 e. The predicted octanol–water partition coefficient (Wildman–Crippen LogP) is 6.47. The number of fused-ring (bicyclic) bond motifs is 1. The van der Waals surface area contributed by atoms with Gasteiger partial charge in [0.15, 0.2) is 5.65 Å². The fourth-order valence-corrected chi connectivity index (χ4v) is 3.76. The summed E-state index contributed by atoms with van der Waals surface area (Å²) in [5.41, 5.74) is 2.70. The highest BCUT2D eigenvalue weighted by molar-refractivity contribution is 5.99. The molecule has 0 aliphatic carbocycles. The van der Waals surface area contributed by atoms with Gasteiger partial charge >= 0.3 is 12.1 Å². The topological polar surface area (TPSA) is 82.4 Å². The van der Waals surface area contributed by atoms with Gasteiger partial charge in [-0.2, -0.15) is 0 Å². The normalized spacial score (nSPS) is 12.2. The van der Waals surface area contributed by atoms with Gasteiger partial charge in [0, 0.05) is 17.5 Å². The van der Waals surface area contributed by atoms with E-state index in [-0.39, 0.29) is 0 Å². The Morgan fingerprint density at radius 2 is 1.68 bits per heavy atom. The molecule has 0 unspecified atom stereocenters. The number of anilines is 1. The van der Waals surface area contributed by atoms with Crippen molar-refractivity contribution in [3.8, 4) is 0 Å². The fraction of sp³-hybridized carbons (Fsp3) is 0.414. The van der Waals surface area contributed by atoms with Crippen molar-refractivity contribution in [2.45, 2.75) is 73.0 Å². The van der Waals surface area contributed by atoms with Crippen molar-refractivity contribution >= 4 is 29.5 Å². The maximum atomic E-state index is 13.6. The number of esters is 1. The third kappa shape index (κ3) is 6.77. The third-order valence-electron chi connectivity index (χ3n) is 5.43. The molecule has 3 aromatic rings. The van der Waals surface area contributed by atoms with Gasteiger partial charge in [-0.25, -0.2) is 14.6 Å². The Labute approximate surface area is 218 Å². The molecule has 8 heteroatoms. The number of hydrogen-bond acceptors (Lipinski definition) is 6. The summed E-state index contributed by atoms with van der Waals surface area (Å²) in [6, 6.07) is 9.82. The minimum atomic E-state index is -0.776. The Hall–Kier alpha value is -3.65. The van der Waals surface area contributed by atoms with Crippen LogP contribution in [0.3, 0.4) is 0 Å². The number of methoxy groups -OCH3 is 1. The zero-order chi connectivity index (χ0) is 27.5. The summed E-state index contributed by atoms with van der Waals surface area (Å²) in [7, 11) is 1.33. The summed E-state index contributed by atoms with van der Waals surface area (Å²) in [6.07, 6.45) is 5.20. The molecule has 198 valence electrons. The van der Waals surface area contributed by atoms with E-state index in [0.29, 0.717) is 28.9 Å². The van der Waals surface area contributed by atoms with Gasteiger partial charge in [-0.3, -0.25) is 4.84 Å². The van der Waals surface area contributed by atoms with E-state index in [1.807, 2.05) is 77.1 Å². The van der Waals surface area contributed by atoms with Crippen LogP contribution in [0.15, 0.2) is 42.6 Å². The number of imidazole rings is 1. The highest BCUT2D eigenvalue weighted by Crippen LogP contribution is 2.35. The minimum Gasteiger partial charge on any atom is -0.465 e. The number of hydroxylamine groups is 1. The first-order valence-electron chi connectivity index (χ1n) is 12.2. The third-order valence-corrected chi connectivity index (χ3v) is 5.43. The first-order chi connectivity index (χ1) is 17.2. The molecule has 0 spiro atoms. The van der Waals surface area contributed by atoms with Gasteiger partial charge < -0.3 is 13.9 Å². The maximum Gasteiger partial charge on any atom is 0.439 e. The Kier molecular flexibility index (Phi) is 8.12. The first kappa shape index (κ1) is 27.9. The van der Waals surface area contributed by atoms with E-state index < -0.39 is 23.3 Å². The summed E-state index contributed by atoms with van der Waals surface area (Å²) in [5, 5.41) is 1.13. The molecule has 0 N–H and O–H groups in total. The zero-order valence-corrected chi connectivity index (χ0v) is 23.2. The number of carbonyl (C=O) groups is 2. The number of pyridine rings is 1. The molecule has 37 heavy (non-hydrogen) atoms. The van der Waals surface area contributed by atoms with Crippen LogP contribution >= 0.6 is 0 Å². The van der Waals surface area contributed by atoms with Gasteiger partial charge in [-0.15, -0.1) is 5.06 Å². The van der Waals surface area contributed by atoms with Gasteiger partial charge in [0.2, 0.25) is 0 Å². The van der Waals surface area contributed by atoms with Gasteiger partial charge in [0.1, 0.15) is 11.3 Å². The second-order valence-electron chi connectivity index (χ2n) is 10.8. The zero-order valence-electron chi connectivity index (χ0n) is 23.2. The van der Waals surface area contributed by atoms with E-state index in [0.717, 1.165) is 22.0 Å². The molecule has 0 bridgehead atoms. The SMILES string of the molecule is COC(=O)c1cn2c(C)c(C)nc2c(N(OC(C)(C)C)C(=O)OC(C)(C)C)c1C/C=C/c1ccccc1. The maximum absolute atomic E-state index is 13.6. The predicted molar refractivity (Wildman–Crippen MR) is 145 cm³/mol. The van der Waals surface area contributed by atoms with Crippen LogP contribution in [-0.2, 0) is 20.7 Å². The molecular weight excluding hydrogens is 470 g/mol. The lowest BCUT2D eigenvalue weighted by Crippen LogP contribution is -2.42. The van der Waals surface area contributed by atoms with E-state index in [2.05, 4.69) is 0 Å². The van der Waals surface area contributed by atoms with Crippen molar-refractivity contribution in [2.75, 3.05) is 12.2 Å². The van der Waals surface area contributed by atoms with Crippen molar-refractivity contribution in [1.82, 2.24) is 9.38 Å². The number of allylic oxidation sites excluding steroid dienone is 1. The lowest BCUT2D eigenvalue weighted by Gasteiger charge is -2.33. The molecular formula is C29H37N3O5. The molecule has 8 nitrogen and oxygen atoms in total. The van der Waals surface area contributed by atoms with Crippen molar-refractivity contribution in [1.29, 1.82) is 0 Å². The summed E-state index contributed by atoms with van der Waals surface area (Å²) in [5.74, 6) is -0.531. The number of benzene rings is 1. The van der Waals surface area contributed by atoms with Crippen molar-refractivity contribution in [3.63, 3.8) is 0 Å². The van der Waals surface area contributed by atoms with Crippen molar-refractivity contribution < 1.29 is 23.9 Å². The van der Waals surface area contributed by atoms with Gasteiger partial charge in [0.05, 0.1) is 24.0 Å². The van der Waals surface area contributed by atoms with Crippen molar-refractivity contribution in [2.24, 2.45) is 0 Å². The van der Waals surface area contributed by atoms with Crippen LogP contribution in [0.1, 0.15) is 74.4 Å². The molecule has 1 aromatic carbocycles. The van der Waals surface area contributed by atoms with Crippen LogP contribution in [0, 0.1) is 13.8 Å². The number of aromatic nitrogens is 2. The monoisotopic (exact) mass is 507 g/mol. The Morgan fingerprint density at radius 3 is 2.24 bits per heavy atom. The summed E-state index contributed by atoms with van der Waals surface area (Å²) in [4.78, 5) is 37.6. The summed E-state index contributed by atoms with van der Waals surface area (Å²) >= 11 is 0. The summed E-state index contributed by atoms with van der Waals surface area (Å²) in [6.45, 7) is 14.6. The number of aryl methyl sites for hydroxylation is 2. The van der Waals surface area contributed by atoms with Gasteiger partial charge in [0.25, 0.3) is 0 Å². The van der Waals surface area contributed by atoms with Crippen LogP contribution in [-0.4, -0.2) is 39.8 Å². The molecule has 3 rings (SSSR count). The van der Waals surface area contributed by atoms with Crippen LogP contribution in [0.25, 0.3) is 11.7 Å². The molecule has 0 atom stereocenters. The molecule has 0 saturated carbocycles. The average molecular weight is 508 g/mol. The smallest absolute Gasteiger partial charge is 0.439 e. The molecule has 0 saturated heterocycles. The Bertz CT molecular complexity index is 1310. The van der Waals surface area contributed by atoms with Crippen LogP contribution in [0.5, 0.6) is 0 Å². The standard InChI is InChI=1S/C29H37N3O5/c1-19-20(2)31-18-23(26(33)35-9)22(17-13-16-21-14-11-10-12-15-21)24(25(31)30-19)32(37-29(6,7)8)27(34)36-28(3,4)5/h10-16,18H,17H2,1-9H3/b16-13+. The number of ether oxygens (including phenoxy) is 2. The van der Waals surface area contributed by atoms with E-state index >= 15 is 0 Å². The van der Waals surface area contributed by atoms with Crippen molar-refractivity contribution in [3.05, 3.63) is 70.7 Å². The lowest BCUT2D eigenvalue weighted by molar-refractivity contribution is -0.0355. The molecule has 2 aromatic heterocycles. The second-order valence-corrected chi connectivity index (χ2v) is 10.8. The molecule has 0 aliphatic heterocycles. The molecule has 1 amide bonds. The number of carbonyl (C=O) groups excluding carboxylic acids is 2. The van der Waals surface area contributed by atoms with Gasteiger partial charge in [-0.1, -0.05) is 42.5 Å². The summed E-state index contributed by atoms with van der Waals surface area (Å²) < 4.78 is 12.7. The minimum absolute atomic E-state index is 0.300. The van der Waals surface area contributed by atoms with Crippen LogP contribution in [0.4, 0.5) is 10.5 Å². The molecule has 0 fully saturated rings. The highest BCUT2D eigenvalue weighted by Gasteiger charge is 2.34. The van der Waals surface area contributed by atoms with E-state index in [4.69, 9.17) is 19.3 Å².